The van der Waals surface area contributed by atoms with E-state index in [0.29, 0.717) is 5.92 Å². The van der Waals surface area contributed by atoms with Gasteiger partial charge in [0.2, 0.25) is 10.0 Å². The Labute approximate surface area is 126 Å². The highest BCUT2D eigenvalue weighted by atomic mass is 32.2. The molecule has 21 heavy (non-hydrogen) atoms. The summed E-state index contributed by atoms with van der Waals surface area (Å²) in [5.74, 6) is -0.801. The third-order valence-corrected chi connectivity index (χ3v) is 5.09. The van der Waals surface area contributed by atoms with Crippen LogP contribution in [0, 0.1) is 5.92 Å². The van der Waals surface area contributed by atoms with E-state index >= 15 is 0 Å². The molecule has 0 aliphatic heterocycles. The molecule has 1 aromatic carbocycles. The number of carboxylic acids is 1. The summed E-state index contributed by atoms with van der Waals surface area (Å²) in [5.41, 5.74) is 2.01. The van der Waals surface area contributed by atoms with Gasteiger partial charge in [0, 0.05) is 6.04 Å². The monoisotopic (exact) mass is 313 g/mol. The van der Waals surface area contributed by atoms with Crippen molar-refractivity contribution < 1.29 is 18.3 Å². The first-order valence-corrected chi connectivity index (χ1v) is 8.51. The van der Waals surface area contributed by atoms with Crippen molar-refractivity contribution in [1.82, 2.24) is 4.72 Å². The van der Waals surface area contributed by atoms with Gasteiger partial charge in [-0.3, -0.25) is 4.79 Å². The Bertz CT molecular complexity index is 578. The van der Waals surface area contributed by atoms with E-state index in [9.17, 15) is 13.2 Å². The van der Waals surface area contributed by atoms with Crippen LogP contribution in [0.5, 0.6) is 0 Å². The number of carboxylic acid groups (broad SMARTS) is 1. The summed E-state index contributed by atoms with van der Waals surface area (Å²) in [4.78, 5) is 10.8. The van der Waals surface area contributed by atoms with Gasteiger partial charge in [0.1, 0.15) is 0 Å². The zero-order valence-electron chi connectivity index (χ0n) is 12.8. The normalized spacial score (nSPS) is 14.9. The minimum absolute atomic E-state index is 0.468. The molecule has 0 aliphatic rings. The number of hydrogen-bond donors (Lipinski definition) is 2. The molecule has 2 atom stereocenters. The summed E-state index contributed by atoms with van der Waals surface area (Å²) >= 11 is 0. The van der Waals surface area contributed by atoms with Crippen molar-refractivity contribution in [3.05, 3.63) is 35.4 Å². The highest BCUT2D eigenvalue weighted by Gasteiger charge is 2.29. The highest BCUT2D eigenvalue weighted by molar-refractivity contribution is 7.90. The van der Waals surface area contributed by atoms with Crippen molar-refractivity contribution in [3.8, 4) is 0 Å². The van der Waals surface area contributed by atoms with Crippen molar-refractivity contribution >= 4 is 16.0 Å². The summed E-state index contributed by atoms with van der Waals surface area (Å²) in [6.45, 7) is 7.13. The molecule has 0 saturated heterocycles. The lowest BCUT2D eigenvalue weighted by molar-refractivity contribution is -0.136. The molecule has 0 heterocycles. The molecule has 0 fully saturated rings. The first kappa shape index (κ1) is 17.7. The molecule has 2 N–H and O–H groups in total. The van der Waals surface area contributed by atoms with Crippen molar-refractivity contribution in [1.29, 1.82) is 0 Å². The molecule has 118 valence electrons. The lowest BCUT2D eigenvalue weighted by Gasteiger charge is -2.17. The number of nitrogens with one attached hydrogen (secondary N) is 1. The maximum absolute atomic E-state index is 11.9. The van der Waals surface area contributed by atoms with E-state index in [2.05, 4.69) is 18.6 Å². The van der Waals surface area contributed by atoms with E-state index in [1.54, 1.807) is 6.92 Å². The van der Waals surface area contributed by atoms with Crippen LogP contribution in [0.2, 0.25) is 0 Å². The molecular weight excluding hydrogens is 290 g/mol. The van der Waals surface area contributed by atoms with Gasteiger partial charge in [-0.15, -0.1) is 0 Å². The standard InChI is InChI=1S/C15H23NO4S/c1-10(2)9-13-5-7-14(8-6-13)11(3)16-21(19,20)12(4)15(17)18/h5-8,10-12,16H,9H2,1-4H3,(H,17,18). The number of benzene rings is 1. The maximum atomic E-state index is 11.9. The van der Waals surface area contributed by atoms with Crippen LogP contribution in [0.1, 0.15) is 44.9 Å². The number of aliphatic carboxylic acids is 1. The Morgan fingerprint density at radius 2 is 1.67 bits per heavy atom. The van der Waals surface area contributed by atoms with Gasteiger partial charge in [0.25, 0.3) is 0 Å². The lowest BCUT2D eigenvalue weighted by Crippen LogP contribution is -2.38. The van der Waals surface area contributed by atoms with Crippen LogP contribution in [0.25, 0.3) is 0 Å². The van der Waals surface area contributed by atoms with Crippen LogP contribution in [0.3, 0.4) is 0 Å². The first-order chi connectivity index (χ1) is 9.63. The minimum atomic E-state index is -3.89. The molecule has 6 heteroatoms. The second-order valence-electron chi connectivity index (χ2n) is 5.70. The predicted octanol–water partition coefficient (Wildman–Crippen LogP) is 2.34. The van der Waals surface area contributed by atoms with Crippen LogP contribution in [0.15, 0.2) is 24.3 Å². The summed E-state index contributed by atoms with van der Waals surface area (Å²) in [5, 5.41) is 7.33. The molecule has 0 radical (unpaired) electrons. The zero-order chi connectivity index (χ0) is 16.2. The molecular formula is C15H23NO4S. The smallest absolute Gasteiger partial charge is 0.323 e. The molecule has 5 nitrogen and oxygen atoms in total. The molecule has 0 aliphatic carbocycles. The third kappa shape index (κ3) is 5.13. The van der Waals surface area contributed by atoms with Gasteiger partial charge in [-0.05, 0) is 37.3 Å². The van der Waals surface area contributed by atoms with Crippen molar-refractivity contribution in [2.75, 3.05) is 0 Å². The Hall–Kier alpha value is -1.40. The van der Waals surface area contributed by atoms with Crippen LogP contribution in [0.4, 0.5) is 0 Å². The maximum Gasteiger partial charge on any atom is 0.323 e. The first-order valence-electron chi connectivity index (χ1n) is 6.96. The molecule has 0 bridgehead atoms. The predicted molar refractivity (Wildman–Crippen MR) is 82.6 cm³/mol. The SMILES string of the molecule is CC(C)Cc1ccc(C(C)NS(=O)(=O)C(C)C(=O)O)cc1. The summed E-state index contributed by atoms with van der Waals surface area (Å²) < 4.78 is 26.2. The Morgan fingerprint density at radius 1 is 1.14 bits per heavy atom. The Kier molecular flexibility index (Phi) is 5.92. The summed E-state index contributed by atoms with van der Waals surface area (Å²) in [7, 11) is -3.89. The van der Waals surface area contributed by atoms with E-state index in [-0.39, 0.29) is 0 Å². The Balaban J connectivity index is 2.80. The Morgan fingerprint density at radius 3 is 2.10 bits per heavy atom. The average Bonchev–Trinajstić information content (AvgIpc) is 2.37. The van der Waals surface area contributed by atoms with Crippen LogP contribution in [-0.2, 0) is 21.2 Å². The number of rotatable bonds is 7. The van der Waals surface area contributed by atoms with Crippen molar-refractivity contribution in [2.24, 2.45) is 5.92 Å². The van der Waals surface area contributed by atoms with Crippen molar-refractivity contribution in [3.63, 3.8) is 0 Å². The van der Waals surface area contributed by atoms with E-state index in [1.807, 2.05) is 24.3 Å². The fraction of sp³-hybridized carbons (Fsp3) is 0.533. The van der Waals surface area contributed by atoms with E-state index in [1.165, 1.54) is 5.56 Å². The highest BCUT2D eigenvalue weighted by Crippen LogP contribution is 2.17. The van der Waals surface area contributed by atoms with Gasteiger partial charge in [-0.1, -0.05) is 38.1 Å². The average molecular weight is 313 g/mol. The van der Waals surface area contributed by atoms with Crippen molar-refractivity contribution in [2.45, 2.75) is 45.4 Å². The van der Waals surface area contributed by atoms with Crippen LogP contribution in [-0.4, -0.2) is 24.7 Å². The third-order valence-electron chi connectivity index (χ3n) is 3.28. The molecule has 0 amide bonds. The summed E-state index contributed by atoms with van der Waals surface area (Å²) in [6.07, 6.45) is 0.969. The second kappa shape index (κ2) is 7.04. The largest absolute Gasteiger partial charge is 0.480 e. The van der Waals surface area contributed by atoms with Gasteiger partial charge in [0.15, 0.2) is 5.25 Å². The fourth-order valence-corrected chi connectivity index (χ4v) is 3.06. The number of sulfonamides is 1. The van der Waals surface area contributed by atoms with Gasteiger partial charge in [-0.2, -0.15) is 0 Å². The fourth-order valence-electron chi connectivity index (χ4n) is 1.96. The molecule has 0 aromatic heterocycles. The minimum Gasteiger partial charge on any atom is -0.480 e. The van der Waals surface area contributed by atoms with Crippen LogP contribution >= 0.6 is 0 Å². The quantitative estimate of drug-likeness (QED) is 0.809. The van der Waals surface area contributed by atoms with Gasteiger partial charge in [-0.25, -0.2) is 13.1 Å². The van der Waals surface area contributed by atoms with Gasteiger partial charge >= 0.3 is 5.97 Å². The second-order valence-corrected chi connectivity index (χ2v) is 7.74. The zero-order valence-corrected chi connectivity index (χ0v) is 13.6. The molecule has 0 spiro atoms. The van der Waals surface area contributed by atoms with Crippen LogP contribution < -0.4 is 4.72 Å². The van der Waals surface area contributed by atoms with Gasteiger partial charge in [0.05, 0.1) is 0 Å². The van der Waals surface area contributed by atoms with E-state index < -0.39 is 27.3 Å². The van der Waals surface area contributed by atoms with Gasteiger partial charge < -0.3 is 5.11 Å². The number of hydrogen-bond acceptors (Lipinski definition) is 3. The van der Waals surface area contributed by atoms with E-state index in [0.717, 1.165) is 18.9 Å². The lowest BCUT2D eigenvalue weighted by atomic mass is 10.0. The van der Waals surface area contributed by atoms with E-state index in [4.69, 9.17) is 5.11 Å². The number of carbonyl (C=O) groups is 1. The molecule has 1 rings (SSSR count). The summed E-state index contributed by atoms with van der Waals surface area (Å²) in [6, 6.07) is 7.22. The molecule has 2 unspecified atom stereocenters. The molecule has 1 aromatic rings. The topological polar surface area (TPSA) is 83.5 Å². The molecule has 0 saturated carbocycles.